The van der Waals surface area contributed by atoms with Crippen molar-refractivity contribution in [2.75, 3.05) is 18.2 Å². The van der Waals surface area contributed by atoms with Crippen LogP contribution in [0.4, 0.5) is 5.69 Å². The van der Waals surface area contributed by atoms with Crippen LogP contribution in [0.1, 0.15) is 24.0 Å². The number of carbonyl (C=O) groups excluding carboxylic acids is 2. The second-order valence-corrected chi connectivity index (χ2v) is 7.18. The molecule has 0 radical (unpaired) electrons. The number of hydrogen-bond donors (Lipinski definition) is 0. The highest BCUT2D eigenvalue weighted by molar-refractivity contribution is 6.32. The van der Waals surface area contributed by atoms with Crippen LogP contribution in [0.25, 0.3) is 6.08 Å². The Bertz CT molecular complexity index is 1090. The first-order chi connectivity index (χ1) is 14.1. The number of aliphatic imine (C=N–C) groups is 1. The van der Waals surface area contributed by atoms with Gasteiger partial charge in [0.1, 0.15) is 0 Å². The number of ether oxygens (including phenoxy) is 3. The quantitative estimate of drug-likeness (QED) is 0.571. The number of fused-ring (bicyclic) bond motifs is 1. The number of anilines is 1. The van der Waals surface area contributed by atoms with E-state index in [4.69, 9.17) is 25.8 Å². The molecule has 29 heavy (non-hydrogen) atoms. The lowest BCUT2D eigenvalue weighted by Crippen LogP contribution is -2.23. The zero-order chi connectivity index (χ0) is 20.0. The third-order valence-corrected chi connectivity index (χ3v) is 5.15. The van der Waals surface area contributed by atoms with Crippen molar-refractivity contribution < 1.29 is 23.8 Å². The lowest BCUT2D eigenvalue weighted by atomic mass is 10.1. The van der Waals surface area contributed by atoms with Crippen molar-refractivity contribution in [1.82, 2.24) is 0 Å². The van der Waals surface area contributed by atoms with Crippen LogP contribution in [0.15, 0.2) is 47.1 Å². The molecule has 0 aliphatic carbocycles. The Kier molecular flexibility index (Phi) is 4.24. The van der Waals surface area contributed by atoms with Gasteiger partial charge >= 0.3 is 5.97 Å². The molecular formula is C21H15ClN2O5. The fourth-order valence-electron chi connectivity index (χ4n) is 3.47. The number of amides is 1. The number of halogens is 1. The Morgan fingerprint density at radius 1 is 1.10 bits per heavy atom. The second-order valence-electron chi connectivity index (χ2n) is 6.77. The Hall–Kier alpha value is -3.32. The van der Waals surface area contributed by atoms with Gasteiger partial charge in [-0.1, -0.05) is 11.6 Å². The van der Waals surface area contributed by atoms with E-state index in [0.717, 1.165) is 18.7 Å². The van der Waals surface area contributed by atoms with Gasteiger partial charge in [-0.2, -0.15) is 0 Å². The van der Waals surface area contributed by atoms with Gasteiger partial charge in [-0.25, -0.2) is 9.79 Å². The zero-order valence-electron chi connectivity index (χ0n) is 15.2. The average Bonchev–Trinajstić information content (AvgIpc) is 3.43. The topological polar surface area (TPSA) is 77.4 Å². The van der Waals surface area contributed by atoms with E-state index < -0.39 is 5.97 Å². The molecule has 8 heteroatoms. The van der Waals surface area contributed by atoms with Crippen LogP contribution in [0.2, 0.25) is 5.02 Å². The third kappa shape index (κ3) is 3.23. The number of hydrogen-bond acceptors (Lipinski definition) is 6. The maximum absolute atomic E-state index is 12.3. The minimum atomic E-state index is -0.549. The normalized spacial score (nSPS) is 19.1. The molecule has 0 saturated carbocycles. The van der Waals surface area contributed by atoms with E-state index in [9.17, 15) is 9.59 Å². The summed E-state index contributed by atoms with van der Waals surface area (Å²) in [5.41, 5.74) is 2.29. The monoisotopic (exact) mass is 410 g/mol. The number of esters is 1. The van der Waals surface area contributed by atoms with E-state index in [1.165, 1.54) is 0 Å². The van der Waals surface area contributed by atoms with Gasteiger partial charge in [0.2, 0.25) is 18.6 Å². The van der Waals surface area contributed by atoms with Crippen molar-refractivity contribution in [3.05, 3.63) is 58.2 Å². The molecule has 3 aliphatic rings. The Morgan fingerprint density at radius 3 is 2.69 bits per heavy atom. The molecule has 0 N–H and O–H groups in total. The van der Waals surface area contributed by atoms with Crippen molar-refractivity contribution in [3.63, 3.8) is 0 Å². The molecule has 7 nitrogen and oxygen atoms in total. The van der Waals surface area contributed by atoms with Gasteiger partial charge in [0, 0.05) is 24.2 Å². The molecule has 1 amide bonds. The number of benzene rings is 2. The van der Waals surface area contributed by atoms with Crippen LogP contribution in [-0.2, 0) is 14.3 Å². The summed E-state index contributed by atoms with van der Waals surface area (Å²) in [7, 11) is 0. The zero-order valence-corrected chi connectivity index (χ0v) is 15.9. The second kappa shape index (κ2) is 6.93. The predicted octanol–water partition coefficient (Wildman–Crippen LogP) is 3.54. The maximum Gasteiger partial charge on any atom is 0.363 e. The minimum absolute atomic E-state index is 0.110. The molecule has 0 atom stereocenters. The smallest absolute Gasteiger partial charge is 0.363 e. The summed E-state index contributed by atoms with van der Waals surface area (Å²) in [6.07, 6.45) is 3.02. The van der Waals surface area contributed by atoms with Gasteiger partial charge in [0.15, 0.2) is 17.2 Å². The first-order valence-corrected chi connectivity index (χ1v) is 9.49. The molecule has 5 rings (SSSR count). The molecule has 0 bridgehead atoms. The molecule has 2 aromatic carbocycles. The standard InChI is InChI=1S/C21H15ClN2O5/c22-15-8-12(10-17-19(15)28-11-27-17)9-16-21(26)29-20(23-16)13-3-5-14(6-4-13)24-7-1-2-18(24)25/h3-6,8-10H,1-2,7,11H2/b16-9-. The van der Waals surface area contributed by atoms with E-state index in [1.54, 1.807) is 35.2 Å². The van der Waals surface area contributed by atoms with Crippen molar-refractivity contribution in [2.45, 2.75) is 12.8 Å². The van der Waals surface area contributed by atoms with Gasteiger partial charge in [0.25, 0.3) is 0 Å². The highest BCUT2D eigenvalue weighted by Crippen LogP contribution is 2.40. The summed E-state index contributed by atoms with van der Waals surface area (Å²) < 4.78 is 15.9. The van der Waals surface area contributed by atoms with Crippen LogP contribution in [-0.4, -0.2) is 31.1 Å². The highest BCUT2D eigenvalue weighted by Gasteiger charge is 2.26. The predicted molar refractivity (Wildman–Crippen MR) is 106 cm³/mol. The number of nitrogens with zero attached hydrogens (tertiary/aromatic N) is 2. The fourth-order valence-corrected chi connectivity index (χ4v) is 3.74. The molecule has 3 heterocycles. The van der Waals surface area contributed by atoms with Crippen LogP contribution >= 0.6 is 11.6 Å². The van der Waals surface area contributed by atoms with Crippen LogP contribution in [0, 0.1) is 0 Å². The first-order valence-electron chi connectivity index (χ1n) is 9.11. The van der Waals surface area contributed by atoms with Crippen LogP contribution < -0.4 is 14.4 Å². The average molecular weight is 411 g/mol. The van der Waals surface area contributed by atoms with E-state index in [-0.39, 0.29) is 24.3 Å². The van der Waals surface area contributed by atoms with Gasteiger partial charge in [-0.05, 0) is 54.5 Å². The molecule has 146 valence electrons. The molecule has 2 aromatic rings. The van der Waals surface area contributed by atoms with Crippen molar-refractivity contribution >= 4 is 41.1 Å². The molecule has 0 aromatic heterocycles. The Morgan fingerprint density at radius 2 is 1.93 bits per heavy atom. The Labute approximate surface area is 171 Å². The summed E-state index contributed by atoms with van der Waals surface area (Å²) in [5, 5.41) is 0.398. The summed E-state index contributed by atoms with van der Waals surface area (Å²) in [6.45, 7) is 0.831. The summed E-state index contributed by atoms with van der Waals surface area (Å²) in [6, 6.07) is 10.6. The van der Waals surface area contributed by atoms with Gasteiger partial charge in [-0.3, -0.25) is 4.79 Å². The van der Waals surface area contributed by atoms with Crippen molar-refractivity contribution in [3.8, 4) is 11.5 Å². The van der Waals surface area contributed by atoms with E-state index in [0.29, 0.717) is 34.1 Å². The Balaban J connectivity index is 1.41. The molecule has 3 aliphatic heterocycles. The van der Waals surface area contributed by atoms with Crippen LogP contribution in [0.5, 0.6) is 11.5 Å². The number of rotatable bonds is 3. The number of cyclic esters (lactones) is 1. The largest absolute Gasteiger partial charge is 0.454 e. The minimum Gasteiger partial charge on any atom is -0.454 e. The molecule has 0 unspecified atom stereocenters. The lowest BCUT2D eigenvalue weighted by Gasteiger charge is -2.15. The van der Waals surface area contributed by atoms with Gasteiger partial charge in [-0.15, -0.1) is 0 Å². The maximum atomic E-state index is 12.3. The first kappa shape index (κ1) is 17.8. The highest BCUT2D eigenvalue weighted by atomic mass is 35.5. The van der Waals surface area contributed by atoms with Gasteiger partial charge < -0.3 is 19.1 Å². The molecule has 0 spiro atoms. The van der Waals surface area contributed by atoms with E-state index in [2.05, 4.69) is 4.99 Å². The van der Waals surface area contributed by atoms with Crippen molar-refractivity contribution in [2.24, 2.45) is 4.99 Å². The fraction of sp³-hybridized carbons (Fsp3) is 0.190. The van der Waals surface area contributed by atoms with E-state index in [1.807, 2.05) is 12.1 Å². The molecular weight excluding hydrogens is 396 g/mol. The molecule has 1 fully saturated rings. The SMILES string of the molecule is O=C1OC(c2ccc(N3CCCC3=O)cc2)=N/C1=C\c1cc(Cl)c2c(c1)OCO2. The van der Waals surface area contributed by atoms with E-state index >= 15 is 0 Å². The van der Waals surface area contributed by atoms with Gasteiger partial charge in [0.05, 0.1) is 5.02 Å². The molecule has 1 saturated heterocycles. The number of carbonyl (C=O) groups is 2. The summed E-state index contributed by atoms with van der Waals surface area (Å²) >= 11 is 6.19. The van der Waals surface area contributed by atoms with Crippen molar-refractivity contribution in [1.29, 1.82) is 0 Å². The third-order valence-electron chi connectivity index (χ3n) is 4.87. The summed E-state index contributed by atoms with van der Waals surface area (Å²) in [4.78, 5) is 30.2. The lowest BCUT2D eigenvalue weighted by molar-refractivity contribution is -0.130. The van der Waals surface area contributed by atoms with Crippen LogP contribution in [0.3, 0.4) is 0 Å². The summed E-state index contributed by atoms with van der Waals surface area (Å²) in [5.74, 6) is 0.797.